The molecule has 1 rings (SSSR count). The minimum atomic E-state index is 0.243. The number of hydrogen-bond acceptors (Lipinski definition) is 1. The SMILES string of the molecule is CC1=CCCC(C)(C)/C1=C\C(C)CO. The monoisotopic (exact) mass is 194 g/mol. The molecule has 1 nitrogen and oxygen atoms in total. The predicted molar refractivity (Wildman–Crippen MR) is 61.1 cm³/mol. The summed E-state index contributed by atoms with van der Waals surface area (Å²) in [5.74, 6) is 0.269. The zero-order chi connectivity index (χ0) is 10.8. The summed E-state index contributed by atoms with van der Waals surface area (Å²) in [6, 6.07) is 0. The van der Waals surface area contributed by atoms with Crippen molar-refractivity contribution < 1.29 is 5.11 Å². The Morgan fingerprint density at radius 1 is 1.57 bits per heavy atom. The summed E-state index contributed by atoms with van der Waals surface area (Å²) in [5.41, 5.74) is 3.09. The van der Waals surface area contributed by atoms with Crippen molar-refractivity contribution in [2.24, 2.45) is 11.3 Å². The number of aliphatic hydroxyl groups is 1. The Kier molecular flexibility index (Phi) is 3.54. The van der Waals surface area contributed by atoms with E-state index >= 15 is 0 Å². The van der Waals surface area contributed by atoms with E-state index in [2.05, 4.69) is 39.8 Å². The van der Waals surface area contributed by atoms with E-state index in [-0.39, 0.29) is 17.9 Å². The van der Waals surface area contributed by atoms with Crippen LogP contribution in [0.5, 0.6) is 0 Å². The number of rotatable bonds is 2. The van der Waals surface area contributed by atoms with Crippen LogP contribution in [-0.4, -0.2) is 11.7 Å². The smallest absolute Gasteiger partial charge is 0.0491 e. The molecule has 1 heteroatoms. The number of allylic oxidation sites excluding steroid dienone is 3. The molecule has 0 aromatic rings. The molecule has 0 aromatic heterocycles. The van der Waals surface area contributed by atoms with Crippen molar-refractivity contribution in [3.63, 3.8) is 0 Å². The first-order valence-electron chi connectivity index (χ1n) is 5.47. The first-order chi connectivity index (χ1) is 6.47. The molecule has 0 aliphatic heterocycles. The van der Waals surface area contributed by atoms with Crippen LogP contribution < -0.4 is 0 Å². The maximum Gasteiger partial charge on any atom is 0.0491 e. The third-order valence-corrected chi connectivity index (χ3v) is 3.11. The maximum absolute atomic E-state index is 9.06. The molecule has 14 heavy (non-hydrogen) atoms. The van der Waals surface area contributed by atoms with Crippen molar-refractivity contribution in [1.29, 1.82) is 0 Å². The van der Waals surface area contributed by atoms with Crippen LogP contribution in [0.1, 0.15) is 40.5 Å². The van der Waals surface area contributed by atoms with Crippen molar-refractivity contribution >= 4 is 0 Å². The van der Waals surface area contributed by atoms with Gasteiger partial charge < -0.3 is 5.11 Å². The van der Waals surface area contributed by atoms with Crippen molar-refractivity contribution in [2.45, 2.75) is 40.5 Å². The number of aliphatic hydroxyl groups excluding tert-OH is 1. The molecular formula is C13H22O. The average Bonchev–Trinajstić information content (AvgIpc) is 2.11. The van der Waals surface area contributed by atoms with Gasteiger partial charge in [0.2, 0.25) is 0 Å². The minimum Gasteiger partial charge on any atom is -0.396 e. The highest BCUT2D eigenvalue weighted by Crippen LogP contribution is 2.40. The fourth-order valence-corrected chi connectivity index (χ4v) is 2.12. The molecule has 1 aliphatic carbocycles. The second-order valence-corrected chi connectivity index (χ2v) is 5.05. The van der Waals surface area contributed by atoms with Crippen LogP contribution in [0.3, 0.4) is 0 Å². The van der Waals surface area contributed by atoms with Gasteiger partial charge in [-0.25, -0.2) is 0 Å². The van der Waals surface area contributed by atoms with Gasteiger partial charge in [-0.2, -0.15) is 0 Å². The molecule has 0 heterocycles. The lowest BCUT2D eigenvalue weighted by molar-refractivity contribution is 0.259. The Morgan fingerprint density at radius 3 is 2.71 bits per heavy atom. The molecule has 1 atom stereocenters. The van der Waals surface area contributed by atoms with Crippen molar-refractivity contribution in [2.75, 3.05) is 6.61 Å². The summed E-state index contributed by atoms with van der Waals surface area (Å²) < 4.78 is 0. The minimum absolute atomic E-state index is 0.243. The second-order valence-electron chi connectivity index (χ2n) is 5.05. The topological polar surface area (TPSA) is 20.2 Å². The van der Waals surface area contributed by atoms with Gasteiger partial charge in [-0.3, -0.25) is 0 Å². The van der Waals surface area contributed by atoms with Crippen LogP contribution >= 0.6 is 0 Å². The second kappa shape index (κ2) is 4.31. The van der Waals surface area contributed by atoms with Gasteiger partial charge in [-0.05, 0) is 36.7 Å². The predicted octanol–water partition coefficient (Wildman–Crippen LogP) is 3.31. The van der Waals surface area contributed by atoms with E-state index in [0.717, 1.165) is 0 Å². The Bertz CT molecular complexity index is 258. The van der Waals surface area contributed by atoms with E-state index in [0.29, 0.717) is 0 Å². The molecule has 0 radical (unpaired) electrons. The fraction of sp³-hybridized carbons (Fsp3) is 0.692. The first-order valence-corrected chi connectivity index (χ1v) is 5.47. The highest BCUT2D eigenvalue weighted by molar-refractivity contribution is 5.37. The molecule has 0 bridgehead atoms. The van der Waals surface area contributed by atoms with E-state index in [9.17, 15) is 0 Å². The van der Waals surface area contributed by atoms with Gasteiger partial charge in [0.25, 0.3) is 0 Å². The lowest BCUT2D eigenvalue weighted by Crippen LogP contribution is -2.20. The summed E-state index contributed by atoms with van der Waals surface area (Å²) in [6.07, 6.45) is 6.93. The standard InChI is InChI=1S/C13H22O/c1-10(9-14)8-12-11(2)6-5-7-13(12,3)4/h6,8,10,14H,5,7,9H2,1-4H3/b12-8-. The molecule has 0 aromatic carbocycles. The van der Waals surface area contributed by atoms with Crippen LogP contribution in [0.15, 0.2) is 23.3 Å². The summed E-state index contributed by atoms with van der Waals surface area (Å²) in [7, 11) is 0. The first kappa shape index (κ1) is 11.5. The summed E-state index contributed by atoms with van der Waals surface area (Å²) >= 11 is 0. The van der Waals surface area contributed by atoms with Gasteiger partial charge in [0, 0.05) is 6.61 Å². The van der Waals surface area contributed by atoms with Gasteiger partial charge in [0.1, 0.15) is 0 Å². The maximum atomic E-state index is 9.06. The van der Waals surface area contributed by atoms with E-state index in [1.54, 1.807) is 0 Å². The largest absolute Gasteiger partial charge is 0.396 e. The molecule has 1 aliphatic rings. The fourth-order valence-electron chi connectivity index (χ4n) is 2.12. The van der Waals surface area contributed by atoms with Crippen LogP contribution in [0.2, 0.25) is 0 Å². The molecular weight excluding hydrogens is 172 g/mol. The van der Waals surface area contributed by atoms with Crippen LogP contribution in [0.25, 0.3) is 0 Å². The zero-order valence-electron chi connectivity index (χ0n) is 9.80. The molecule has 0 saturated carbocycles. The molecule has 0 spiro atoms. The van der Waals surface area contributed by atoms with E-state index < -0.39 is 0 Å². The lowest BCUT2D eigenvalue weighted by atomic mass is 9.72. The van der Waals surface area contributed by atoms with Crippen LogP contribution in [0.4, 0.5) is 0 Å². The molecule has 0 saturated heterocycles. The summed E-state index contributed by atoms with van der Waals surface area (Å²) in [5, 5.41) is 9.06. The zero-order valence-corrected chi connectivity index (χ0v) is 9.80. The summed E-state index contributed by atoms with van der Waals surface area (Å²) in [4.78, 5) is 0. The van der Waals surface area contributed by atoms with Gasteiger partial charge in [-0.1, -0.05) is 38.5 Å². The van der Waals surface area contributed by atoms with E-state index in [4.69, 9.17) is 5.11 Å². The van der Waals surface area contributed by atoms with Gasteiger partial charge in [0.15, 0.2) is 0 Å². The highest BCUT2D eigenvalue weighted by Gasteiger charge is 2.26. The molecule has 0 fully saturated rings. The van der Waals surface area contributed by atoms with E-state index in [1.165, 1.54) is 24.0 Å². The van der Waals surface area contributed by atoms with Crippen molar-refractivity contribution in [1.82, 2.24) is 0 Å². The third-order valence-electron chi connectivity index (χ3n) is 3.11. The lowest BCUT2D eigenvalue weighted by Gasteiger charge is -2.33. The molecule has 0 amide bonds. The number of hydrogen-bond donors (Lipinski definition) is 1. The Hall–Kier alpha value is -0.560. The Labute approximate surface area is 87.5 Å². The van der Waals surface area contributed by atoms with Crippen LogP contribution in [0, 0.1) is 11.3 Å². The van der Waals surface area contributed by atoms with Gasteiger partial charge in [0.05, 0.1) is 0 Å². The highest BCUT2D eigenvalue weighted by atomic mass is 16.3. The Balaban J connectivity index is 2.96. The summed E-state index contributed by atoms with van der Waals surface area (Å²) in [6.45, 7) is 9.06. The van der Waals surface area contributed by atoms with E-state index in [1.807, 2.05) is 0 Å². The van der Waals surface area contributed by atoms with Crippen molar-refractivity contribution in [3.05, 3.63) is 23.3 Å². The quantitative estimate of drug-likeness (QED) is 0.715. The molecule has 80 valence electrons. The van der Waals surface area contributed by atoms with Gasteiger partial charge in [-0.15, -0.1) is 0 Å². The molecule has 1 unspecified atom stereocenters. The normalized spacial score (nSPS) is 26.1. The molecule has 1 N–H and O–H groups in total. The van der Waals surface area contributed by atoms with Crippen molar-refractivity contribution in [3.8, 4) is 0 Å². The van der Waals surface area contributed by atoms with Gasteiger partial charge >= 0.3 is 0 Å². The Morgan fingerprint density at radius 2 is 2.21 bits per heavy atom. The third kappa shape index (κ3) is 2.48. The van der Waals surface area contributed by atoms with Crippen LogP contribution in [-0.2, 0) is 0 Å². The average molecular weight is 194 g/mol.